The number of aromatic nitrogens is 1. The molecule has 3 nitrogen and oxygen atoms in total. The number of pyridine rings is 1. The Morgan fingerprint density at radius 2 is 2.00 bits per heavy atom. The molecule has 0 spiro atoms. The van der Waals surface area contributed by atoms with Gasteiger partial charge in [-0.15, -0.1) is 0 Å². The highest BCUT2D eigenvalue weighted by atomic mass is 19.4. The number of aliphatic hydroxyl groups excluding tert-OH is 1. The first-order valence-electron chi connectivity index (χ1n) is 6.24. The number of hydrogen-bond acceptors (Lipinski definition) is 3. The van der Waals surface area contributed by atoms with Gasteiger partial charge in [0.2, 0.25) is 0 Å². The van der Waals surface area contributed by atoms with Crippen LogP contribution in [0.25, 0.3) is 0 Å². The summed E-state index contributed by atoms with van der Waals surface area (Å²) < 4.78 is 42.4. The number of methoxy groups -OCH3 is 1. The molecule has 1 atom stereocenters. The molecule has 0 radical (unpaired) electrons. The molecule has 6 heteroatoms. The molecule has 1 aromatic heterocycles. The predicted octanol–water partition coefficient (Wildman–Crippen LogP) is 3.39. The molecule has 0 amide bonds. The van der Waals surface area contributed by atoms with Crippen molar-refractivity contribution in [1.82, 2.24) is 4.98 Å². The first-order chi connectivity index (χ1) is 9.90. The van der Waals surface area contributed by atoms with E-state index in [0.717, 1.165) is 17.8 Å². The monoisotopic (exact) mass is 297 g/mol. The summed E-state index contributed by atoms with van der Waals surface area (Å²) >= 11 is 0. The summed E-state index contributed by atoms with van der Waals surface area (Å²) in [5, 5.41) is 10.0. The lowest BCUT2D eigenvalue weighted by Crippen LogP contribution is -2.08. The van der Waals surface area contributed by atoms with Crippen molar-refractivity contribution in [3.8, 4) is 5.75 Å². The highest BCUT2D eigenvalue weighted by Gasteiger charge is 2.30. The molecule has 112 valence electrons. The van der Waals surface area contributed by atoms with E-state index in [9.17, 15) is 18.3 Å². The zero-order chi connectivity index (χ0) is 15.5. The first-order valence-corrected chi connectivity index (χ1v) is 6.24. The van der Waals surface area contributed by atoms with Crippen LogP contribution >= 0.6 is 0 Å². The Labute approximate surface area is 120 Å². The summed E-state index contributed by atoms with van der Waals surface area (Å²) in [6.45, 7) is 0. The number of halogens is 3. The molecule has 1 aromatic carbocycles. The molecule has 21 heavy (non-hydrogen) atoms. The van der Waals surface area contributed by atoms with E-state index < -0.39 is 17.8 Å². The molecule has 1 unspecified atom stereocenters. The molecule has 1 heterocycles. The molecule has 2 aromatic rings. The maximum absolute atomic E-state index is 12.4. The van der Waals surface area contributed by atoms with Crippen molar-refractivity contribution in [1.29, 1.82) is 0 Å². The lowest BCUT2D eigenvalue weighted by atomic mass is 10.0. The van der Waals surface area contributed by atoms with Crippen LogP contribution < -0.4 is 4.74 Å². The van der Waals surface area contributed by atoms with Gasteiger partial charge in [-0.3, -0.25) is 4.98 Å². The van der Waals surface area contributed by atoms with E-state index in [1.807, 2.05) is 0 Å². The van der Waals surface area contributed by atoms with Gasteiger partial charge in [0.05, 0.1) is 24.5 Å². The molecule has 1 N–H and O–H groups in total. The van der Waals surface area contributed by atoms with E-state index in [2.05, 4.69) is 4.98 Å². The van der Waals surface area contributed by atoms with Crippen LogP contribution in [0.15, 0.2) is 42.6 Å². The Morgan fingerprint density at radius 3 is 2.57 bits per heavy atom. The van der Waals surface area contributed by atoms with E-state index in [1.165, 1.54) is 13.2 Å². The van der Waals surface area contributed by atoms with Crippen molar-refractivity contribution < 1.29 is 23.0 Å². The predicted molar refractivity (Wildman–Crippen MR) is 70.9 cm³/mol. The Balaban J connectivity index is 2.11. The summed E-state index contributed by atoms with van der Waals surface area (Å²) in [7, 11) is 1.53. The number of hydrogen-bond donors (Lipinski definition) is 1. The normalized spacial score (nSPS) is 13.0. The second-order valence-corrected chi connectivity index (χ2v) is 4.54. The van der Waals surface area contributed by atoms with E-state index in [1.54, 1.807) is 24.3 Å². The third-order valence-electron chi connectivity index (χ3n) is 3.02. The summed E-state index contributed by atoms with van der Waals surface area (Å²) in [4.78, 5) is 3.68. The van der Waals surface area contributed by atoms with Crippen molar-refractivity contribution in [2.24, 2.45) is 0 Å². The number of alkyl halides is 3. The van der Waals surface area contributed by atoms with E-state index >= 15 is 0 Å². The van der Waals surface area contributed by atoms with Gasteiger partial charge in [-0.25, -0.2) is 0 Å². The average Bonchev–Trinajstić information content (AvgIpc) is 2.46. The van der Waals surface area contributed by atoms with Crippen LogP contribution in [-0.2, 0) is 12.6 Å². The highest BCUT2D eigenvalue weighted by Crippen LogP contribution is 2.29. The third kappa shape index (κ3) is 3.95. The Bertz CT molecular complexity index is 597. The standard InChI is InChI=1S/C15H14F3NO2/c1-21-12-4-2-3-10(7-12)8-14(20)13-6-5-11(9-19-13)15(16,17)18/h2-7,9,14,20H,8H2,1H3. The summed E-state index contributed by atoms with van der Waals surface area (Å²) in [5.74, 6) is 0.653. The molecule has 0 saturated heterocycles. The molecule has 0 fully saturated rings. The van der Waals surface area contributed by atoms with Gasteiger partial charge in [0.1, 0.15) is 5.75 Å². The molecular formula is C15H14F3NO2. The van der Waals surface area contributed by atoms with Gasteiger partial charge in [0, 0.05) is 12.6 Å². The second kappa shape index (κ2) is 6.13. The minimum absolute atomic E-state index is 0.200. The van der Waals surface area contributed by atoms with E-state index in [0.29, 0.717) is 5.75 Å². The van der Waals surface area contributed by atoms with Crippen molar-refractivity contribution in [2.75, 3.05) is 7.11 Å². The summed E-state index contributed by atoms with van der Waals surface area (Å²) in [6.07, 6.45) is -4.43. The number of benzene rings is 1. The minimum atomic E-state index is -4.43. The van der Waals surface area contributed by atoms with Crippen molar-refractivity contribution in [2.45, 2.75) is 18.7 Å². The van der Waals surface area contributed by atoms with Crippen LogP contribution in [0.2, 0.25) is 0 Å². The fraction of sp³-hybridized carbons (Fsp3) is 0.267. The van der Waals surface area contributed by atoms with E-state index in [-0.39, 0.29) is 12.1 Å². The Morgan fingerprint density at radius 1 is 1.24 bits per heavy atom. The van der Waals surface area contributed by atoms with Crippen molar-refractivity contribution >= 4 is 0 Å². The summed E-state index contributed by atoms with van der Waals surface area (Å²) in [5.41, 5.74) is 0.175. The fourth-order valence-corrected chi connectivity index (χ4v) is 1.90. The average molecular weight is 297 g/mol. The number of rotatable bonds is 4. The lowest BCUT2D eigenvalue weighted by molar-refractivity contribution is -0.137. The second-order valence-electron chi connectivity index (χ2n) is 4.54. The van der Waals surface area contributed by atoms with Crippen LogP contribution in [0.5, 0.6) is 5.75 Å². The molecule has 2 rings (SSSR count). The maximum atomic E-state index is 12.4. The van der Waals surface area contributed by atoms with Crippen LogP contribution in [0.3, 0.4) is 0 Å². The molecule has 0 saturated carbocycles. The quantitative estimate of drug-likeness (QED) is 0.940. The number of nitrogens with zero attached hydrogens (tertiary/aromatic N) is 1. The number of aliphatic hydroxyl groups is 1. The topological polar surface area (TPSA) is 42.4 Å². The minimum Gasteiger partial charge on any atom is -0.497 e. The third-order valence-corrected chi connectivity index (χ3v) is 3.02. The largest absolute Gasteiger partial charge is 0.497 e. The van der Waals surface area contributed by atoms with Crippen molar-refractivity contribution in [3.05, 3.63) is 59.4 Å². The van der Waals surface area contributed by atoms with E-state index in [4.69, 9.17) is 4.74 Å². The van der Waals surface area contributed by atoms with Gasteiger partial charge in [-0.1, -0.05) is 12.1 Å². The van der Waals surface area contributed by atoms with Crippen LogP contribution in [0.1, 0.15) is 22.9 Å². The van der Waals surface area contributed by atoms with Gasteiger partial charge < -0.3 is 9.84 Å². The Hall–Kier alpha value is -2.08. The maximum Gasteiger partial charge on any atom is 0.417 e. The fourth-order valence-electron chi connectivity index (χ4n) is 1.90. The molecular weight excluding hydrogens is 283 g/mol. The molecule has 0 aliphatic heterocycles. The molecule has 0 aliphatic rings. The van der Waals surface area contributed by atoms with Gasteiger partial charge in [0.15, 0.2) is 0 Å². The Kier molecular flexibility index (Phi) is 4.47. The highest BCUT2D eigenvalue weighted by molar-refractivity contribution is 5.29. The van der Waals surface area contributed by atoms with Gasteiger partial charge in [-0.05, 0) is 29.8 Å². The van der Waals surface area contributed by atoms with Gasteiger partial charge in [-0.2, -0.15) is 13.2 Å². The zero-order valence-corrected chi connectivity index (χ0v) is 11.3. The van der Waals surface area contributed by atoms with Gasteiger partial charge >= 0.3 is 6.18 Å². The van der Waals surface area contributed by atoms with Crippen molar-refractivity contribution in [3.63, 3.8) is 0 Å². The molecule has 0 aliphatic carbocycles. The lowest BCUT2D eigenvalue weighted by Gasteiger charge is -2.12. The number of ether oxygens (including phenoxy) is 1. The first kappa shape index (κ1) is 15.3. The smallest absolute Gasteiger partial charge is 0.417 e. The van der Waals surface area contributed by atoms with Crippen LogP contribution in [-0.4, -0.2) is 17.2 Å². The van der Waals surface area contributed by atoms with Crippen LogP contribution in [0, 0.1) is 0 Å². The van der Waals surface area contributed by atoms with Gasteiger partial charge in [0.25, 0.3) is 0 Å². The molecule has 0 bridgehead atoms. The SMILES string of the molecule is COc1cccc(CC(O)c2ccc(C(F)(F)F)cn2)c1. The summed E-state index contributed by atoms with van der Waals surface area (Å²) in [6, 6.07) is 9.21. The zero-order valence-electron chi connectivity index (χ0n) is 11.3. The van der Waals surface area contributed by atoms with Crippen LogP contribution in [0.4, 0.5) is 13.2 Å².